The van der Waals surface area contributed by atoms with Crippen molar-refractivity contribution in [3.8, 4) is 0 Å². The van der Waals surface area contributed by atoms with Gasteiger partial charge >= 0.3 is 37.4 Å². The van der Waals surface area contributed by atoms with Crippen LogP contribution in [0.15, 0.2) is 0 Å². The van der Waals surface area contributed by atoms with E-state index in [-0.39, 0.29) is 12.8 Å². The number of esters is 5. The third-order valence-electron chi connectivity index (χ3n) is 4.81. The van der Waals surface area contributed by atoms with Crippen LogP contribution in [0.4, 0.5) is 0 Å². The number of ether oxygens (including phenoxy) is 5. The van der Waals surface area contributed by atoms with Crippen LogP contribution in [0.1, 0.15) is 75.2 Å². The van der Waals surface area contributed by atoms with Crippen LogP contribution in [0.2, 0.25) is 0 Å². The van der Waals surface area contributed by atoms with Crippen LogP contribution in [-0.4, -0.2) is 63.5 Å². The normalized spacial score (nSPS) is 13.2. The topological polar surface area (TPSA) is 167 Å². The third kappa shape index (κ3) is 15.0. The predicted octanol–water partition coefficient (Wildman–Crippen LogP) is 3.97. The Morgan fingerprint density at radius 2 is 1.03 bits per heavy atom. The first-order valence-electron chi connectivity index (χ1n) is 12.3. The molecule has 226 valence electrons. The molecule has 0 radical (unpaired) electrons. The highest BCUT2D eigenvalue weighted by atomic mass is 31.2. The fourth-order valence-electron chi connectivity index (χ4n) is 2.32. The van der Waals surface area contributed by atoms with Gasteiger partial charge in [0, 0.05) is 6.42 Å². The summed E-state index contributed by atoms with van der Waals surface area (Å²) in [6.07, 6.45) is -1.09. The Morgan fingerprint density at radius 3 is 1.38 bits per heavy atom. The predicted molar refractivity (Wildman–Crippen MR) is 137 cm³/mol. The molecule has 0 heterocycles. The first kappa shape index (κ1) is 36.5. The molecular formula is C25H43O13P. The van der Waals surface area contributed by atoms with Gasteiger partial charge in [0.15, 0.2) is 0 Å². The van der Waals surface area contributed by atoms with Crippen molar-refractivity contribution >= 4 is 37.4 Å². The minimum Gasteiger partial charge on any atom is -0.469 e. The first-order valence-corrected chi connectivity index (χ1v) is 14.0. The molecule has 0 aliphatic heterocycles. The van der Waals surface area contributed by atoms with Crippen molar-refractivity contribution in [2.75, 3.05) is 33.7 Å². The number of hydrogen-bond donors (Lipinski definition) is 0. The van der Waals surface area contributed by atoms with Crippen molar-refractivity contribution in [3.63, 3.8) is 0 Å². The van der Waals surface area contributed by atoms with Gasteiger partial charge in [-0.1, -0.05) is 0 Å². The second kappa shape index (κ2) is 15.3. The minimum atomic E-state index is -4.31. The average molecular weight is 583 g/mol. The van der Waals surface area contributed by atoms with E-state index in [2.05, 4.69) is 4.74 Å². The van der Waals surface area contributed by atoms with Crippen molar-refractivity contribution in [2.24, 2.45) is 22.2 Å². The summed E-state index contributed by atoms with van der Waals surface area (Å²) in [4.78, 5) is 60.6. The molecule has 0 rings (SSSR count). The molecular weight excluding hydrogens is 539 g/mol. The lowest BCUT2D eigenvalue weighted by atomic mass is 9.97. The third-order valence-corrected chi connectivity index (χ3v) is 6.69. The lowest BCUT2D eigenvalue weighted by Gasteiger charge is -2.24. The molecule has 14 heteroatoms. The molecule has 0 aromatic carbocycles. The average Bonchev–Trinajstić information content (AvgIpc) is 2.79. The van der Waals surface area contributed by atoms with E-state index in [1.807, 2.05) is 0 Å². The zero-order valence-electron chi connectivity index (χ0n) is 24.6. The summed E-state index contributed by atoms with van der Waals surface area (Å²) in [5.74, 6) is -4.82. The summed E-state index contributed by atoms with van der Waals surface area (Å²) in [5.41, 5.74) is -2.61. The summed E-state index contributed by atoms with van der Waals surface area (Å²) in [6, 6.07) is 0. The largest absolute Gasteiger partial charge is 0.469 e. The maximum atomic E-state index is 13.6. The quantitative estimate of drug-likeness (QED) is 0.125. The molecule has 13 nitrogen and oxygen atoms in total. The van der Waals surface area contributed by atoms with E-state index in [1.165, 1.54) is 0 Å². The van der Waals surface area contributed by atoms with E-state index in [1.54, 1.807) is 62.3 Å². The molecule has 0 saturated carbocycles. The van der Waals surface area contributed by atoms with E-state index < -0.39 is 86.1 Å². The highest BCUT2D eigenvalue weighted by Crippen LogP contribution is 2.50. The van der Waals surface area contributed by atoms with Crippen LogP contribution in [0.5, 0.6) is 0 Å². The molecule has 0 amide bonds. The van der Waals surface area contributed by atoms with Crippen molar-refractivity contribution in [3.05, 3.63) is 0 Å². The summed E-state index contributed by atoms with van der Waals surface area (Å²) >= 11 is 0. The summed E-state index contributed by atoms with van der Waals surface area (Å²) in [5, 5.41) is 0. The number of carbonyl (C=O) groups excluding carboxylic acids is 5. The number of hydrogen-bond acceptors (Lipinski definition) is 13. The monoisotopic (exact) mass is 582 g/mol. The first-order chi connectivity index (χ1) is 17.6. The van der Waals surface area contributed by atoms with Gasteiger partial charge in [0.2, 0.25) is 20.4 Å². The molecule has 0 N–H and O–H groups in total. The second-order valence-corrected chi connectivity index (χ2v) is 13.8. The zero-order chi connectivity index (χ0) is 30.7. The van der Waals surface area contributed by atoms with Gasteiger partial charge in [0.25, 0.3) is 0 Å². The number of methoxy groups -OCH3 is 1. The SMILES string of the molecule is COC(=O)CCC(CP(=O)(OCOC(=O)C(C)(C)C)OCOC(=O)C(C)(C)C)C(=O)OCOC(=O)C(C)(C)C. The molecule has 0 spiro atoms. The Labute approximate surface area is 230 Å². The van der Waals surface area contributed by atoms with Gasteiger partial charge in [-0.3, -0.25) is 37.6 Å². The van der Waals surface area contributed by atoms with Crippen LogP contribution in [0, 0.1) is 22.2 Å². The molecule has 1 unspecified atom stereocenters. The smallest absolute Gasteiger partial charge is 0.337 e. The van der Waals surface area contributed by atoms with Crippen LogP contribution in [-0.2, 0) is 61.3 Å². The Hall–Kier alpha value is -2.50. The van der Waals surface area contributed by atoms with E-state index in [4.69, 9.17) is 28.0 Å². The maximum Gasteiger partial charge on any atom is 0.337 e. The van der Waals surface area contributed by atoms with E-state index in [0.717, 1.165) is 7.11 Å². The van der Waals surface area contributed by atoms with Gasteiger partial charge in [-0.15, -0.1) is 0 Å². The molecule has 0 saturated heterocycles. The lowest BCUT2D eigenvalue weighted by molar-refractivity contribution is -0.175. The number of carbonyl (C=O) groups is 5. The zero-order valence-corrected chi connectivity index (χ0v) is 25.5. The Morgan fingerprint density at radius 1 is 0.641 bits per heavy atom. The van der Waals surface area contributed by atoms with Crippen molar-refractivity contribution in [1.82, 2.24) is 0 Å². The fourth-order valence-corrected chi connectivity index (χ4v) is 3.90. The van der Waals surface area contributed by atoms with Crippen LogP contribution in [0.25, 0.3) is 0 Å². The molecule has 0 aliphatic carbocycles. The molecule has 0 aromatic heterocycles. The van der Waals surface area contributed by atoms with Gasteiger partial charge in [-0.25, -0.2) is 0 Å². The van der Waals surface area contributed by atoms with Crippen molar-refractivity contribution in [2.45, 2.75) is 75.2 Å². The summed E-state index contributed by atoms with van der Waals surface area (Å²) < 4.78 is 48.6. The molecule has 0 aliphatic rings. The maximum absolute atomic E-state index is 13.6. The molecule has 0 bridgehead atoms. The summed E-state index contributed by atoms with van der Waals surface area (Å²) in [6.45, 7) is 12.1. The standard InChI is InChI=1S/C25H43O13P/c1-23(2,3)20(28)34-14-33-19(27)17(11-12-18(26)32-10)13-39(31,37-15-35-21(29)24(4,5)6)38-16-36-22(30)25(7,8)9/h17H,11-16H2,1-10H3. The minimum absolute atomic E-state index is 0.195. The highest BCUT2D eigenvalue weighted by molar-refractivity contribution is 7.53. The van der Waals surface area contributed by atoms with Crippen molar-refractivity contribution < 1.29 is 61.3 Å². The summed E-state index contributed by atoms with van der Waals surface area (Å²) in [7, 11) is -3.15. The fraction of sp³-hybridized carbons (Fsp3) is 0.800. The van der Waals surface area contributed by atoms with E-state index in [9.17, 15) is 28.5 Å². The van der Waals surface area contributed by atoms with E-state index in [0.29, 0.717) is 0 Å². The van der Waals surface area contributed by atoms with E-state index >= 15 is 0 Å². The molecule has 0 fully saturated rings. The number of rotatable bonds is 14. The van der Waals surface area contributed by atoms with Gasteiger partial charge in [-0.2, -0.15) is 0 Å². The van der Waals surface area contributed by atoms with Crippen molar-refractivity contribution in [1.29, 1.82) is 0 Å². The Kier molecular flexibility index (Phi) is 14.3. The molecule has 0 aromatic rings. The molecule has 39 heavy (non-hydrogen) atoms. The van der Waals surface area contributed by atoms with Crippen LogP contribution < -0.4 is 0 Å². The highest BCUT2D eigenvalue weighted by Gasteiger charge is 2.36. The molecule has 1 atom stereocenters. The Balaban J connectivity index is 5.69. The van der Waals surface area contributed by atoms with Gasteiger partial charge < -0.3 is 23.7 Å². The van der Waals surface area contributed by atoms with Crippen LogP contribution >= 0.6 is 7.60 Å². The van der Waals surface area contributed by atoms with Gasteiger partial charge in [0.05, 0.1) is 35.4 Å². The van der Waals surface area contributed by atoms with Gasteiger partial charge in [0.1, 0.15) is 0 Å². The van der Waals surface area contributed by atoms with Gasteiger partial charge in [-0.05, 0) is 68.7 Å². The lowest BCUT2D eigenvalue weighted by Crippen LogP contribution is -2.29. The second-order valence-electron chi connectivity index (χ2n) is 11.7. The van der Waals surface area contributed by atoms with Crippen LogP contribution in [0.3, 0.4) is 0 Å². The Bertz CT molecular complexity index is 870.